The molecule has 2 saturated heterocycles. The fourth-order valence-electron chi connectivity index (χ4n) is 4.07. The molecule has 2 aliphatic rings. The predicted octanol–water partition coefficient (Wildman–Crippen LogP) is 2.03. The van der Waals surface area contributed by atoms with Crippen LogP contribution in [0.3, 0.4) is 0 Å². The molecule has 1 unspecified atom stereocenters. The molecule has 2 fully saturated rings. The Morgan fingerprint density at radius 2 is 2.19 bits per heavy atom. The van der Waals surface area contributed by atoms with Crippen LogP contribution in [0.4, 0.5) is 4.79 Å². The van der Waals surface area contributed by atoms with Crippen molar-refractivity contribution in [1.29, 1.82) is 0 Å². The van der Waals surface area contributed by atoms with Crippen molar-refractivity contribution in [3.8, 4) is 0 Å². The number of carbonyl (C=O) groups excluding carboxylic acids is 1. The highest BCUT2D eigenvalue weighted by Crippen LogP contribution is 2.26. The van der Waals surface area contributed by atoms with Crippen molar-refractivity contribution in [2.24, 2.45) is 5.92 Å². The lowest BCUT2D eigenvalue weighted by Gasteiger charge is -2.39. The number of carbonyl (C=O) groups is 1. The molecule has 1 atom stereocenters. The Hall–Kier alpha value is -2.12. The maximum absolute atomic E-state index is 12.4. The molecule has 0 saturated carbocycles. The summed E-state index contributed by atoms with van der Waals surface area (Å²) < 4.78 is 5.17. The molecule has 2 aromatic rings. The molecule has 1 aromatic carbocycles. The van der Waals surface area contributed by atoms with Crippen LogP contribution in [0.2, 0.25) is 0 Å². The number of fused-ring (bicyclic) bond motifs is 1. The van der Waals surface area contributed by atoms with Gasteiger partial charge in [-0.1, -0.05) is 12.1 Å². The van der Waals surface area contributed by atoms with Crippen LogP contribution < -0.4 is 5.32 Å². The van der Waals surface area contributed by atoms with Gasteiger partial charge in [0.1, 0.15) is 5.82 Å². The average molecular weight is 371 g/mol. The number of piperidine rings is 1. The third kappa shape index (κ3) is 4.25. The Bertz CT molecular complexity index is 738. The number of nitrogens with one attached hydrogen (secondary N) is 2. The number of H-pyrrole nitrogens is 1. The van der Waals surface area contributed by atoms with E-state index < -0.39 is 0 Å². The number of likely N-dealkylation sites (tertiary alicyclic amines) is 2. The van der Waals surface area contributed by atoms with Crippen molar-refractivity contribution in [3.05, 3.63) is 30.1 Å². The minimum Gasteiger partial charge on any atom is -0.383 e. The van der Waals surface area contributed by atoms with Crippen LogP contribution in [0.5, 0.6) is 0 Å². The van der Waals surface area contributed by atoms with Crippen molar-refractivity contribution < 1.29 is 9.53 Å². The summed E-state index contributed by atoms with van der Waals surface area (Å²) in [6.45, 7) is 6.16. The SMILES string of the molecule is COCCN1CCCC(CNC(=O)N2CC(c3nc4ccccc4[nH]3)C2)C1. The Morgan fingerprint density at radius 3 is 3.00 bits per heavy atom. The van der Waals surface area contributed by atoms with E-state index in [1.54, 1.807) is 7.11 Å². The van der Waals surface area contributed by atoms with E-state index in [0.717, 1.165) is 62.7 Å². The zero-order chi connectivity index (χ0) is 18.6. The second-order valence-electron chi connectivity index (χ2n) is 7.73. The number of hydrogen-bond acceptors (Lipinski definition) is 4. The highest BCUT2D eigenvalue weighted by Gasteiger charge is 2.34. The number of imidazole rings is 1. The summed E-state index contributed by atoms with van der Waals surface area (Å²) in [5.74, 6) is 1.83. The van der Waals surface area contributed by atoms with Gasteiger partial charge in [0.2, 0.25) is 0 Å². The third-order valence-electron chi connectivity index (χ3n) is 5.72. The molecule has 27 heavy (non-hydrogen) atoms. The van der Waals surface area contributed by atoms with Gasteiger partial charge in [-0.15, -0.1) is 0 Å². The van der Waals surface area contributed by atoms with Crippen LogP contribution in [-0.2, 0) is 4.74 Å². The average Bonchev–Trinajstić information content (AvgIpc) is 3.07. The van der Waals surface area contributed by atoms with Crippen molar-refractivity contribution in [2.75, 3.05) is 53.0 Å². The summed E-state index contributed by atoms with van der Waals surface area (Å²) in [4.78, 5) is 24.8. The second-order valence-corrected chi connectivity index (χ2v) is 7.73. The molecule has 0 spiro atoms. The number of nitrogens with zero attached hydrogens (tertiary/aromatic N) is 3. The fraction of sp³-hybridized carbons (Fsp3) is 0.600. The van der Waals surface area contributed by atoms with Crippen molar-refractivity contribution in [3.63, 3.8) is 0 Å². The van der Waals surface area contributed by atoms with Gasteiger partial charge < -0.3 is 24.8 Å². The minimum atomic E-state index is 0.0522. The number of benzene rings is 1. The number of hydrogen-bond donors (Lipinski definition) is 2. The summed E-state index contributed by atoms with van der Waals surface area (Å²) in [5, 5.41) is 3.13. The quantitative estimate of drug-likeness (QED) is 0.815. The van der Waals surface area contributed by atoms with E-state index in [1.165, 1.54) is 12.8 Å². The molecule has 7 nitrogen and oxygen atoms in total. The van der Waals surface area contributed by atoms with E-state index in [-0.39, 0.29) is 6.03 Å². The molecule has 146 valence electrons. The number of aromatic amines is 1. The zero-order valence-corrected chi connectivity index (χ0v) is 16.0. The summed E-state index contributed by atoms with van der Waals surface area (Å²) in [6, 6.07) is 8.10. The van der Waals surface area contributed by atoms with Gasteiger partial charge in [-0.25, -0.2) is 9.78 Å². The van der Waals surface area contributed by atoms with E-state index in [4.69, 9.17) is 4.74 Å². The van der Waals surface area contributed by atoms with Gasteiger partial charge in [0.15, 0.2) is 0 Å². The minimum absolute atomic E-state index is 0.0522. The number of aromatic nitrogens is 2. The Balaban J connectivity index is 1.21. The monoisotopic (exact) mass is 371 g/mol. The van der Waals surface area contributed by atoms with E-state index in [2.05, 4.69) is 20.2 Å². The van der Waals surface area contributed by atoms with Crippen LogP contribution in [0.1, 0.15) is 24.6 Å². The molecule has 7 heteroatoms. The van der Waals surface area contributed by atoms with Crippen LogP contribution in [0.15, 0.2) is 24.3 Å². The Morgan fingerprint density at radius 1 is 1.33 bits per heavy atom. The number of rotatable bonds is 6. The van der Waals surface area contributed by atoms with E-state index in [0.29, 0.717) is 11.8 Å². The summed E-state index contributed by atoms with van der Waals surface area (Å²) in [6.07, 6.45) is 2.38. The summed E-state index contributed by atoms with van der Waals surface area (Å²) >= 11 is 0. The molecular weight excluding hydrogens is 342 g/mol. The lowest BCUT2D eigenvalue weighted by molar-refractivity contribution is 0.111. The van der Waals surface area contributed by atoms with E-state index in [9.17, 15) is 4.79 Å². The molecule has 2 N–H and O–H groups in total. The molecule has 2 amide bonds. The second kappa shape index (κ2) is 8.27. The molecule has 0 radical (unpaired) electrons. The molecule has 4 rings (SSSR count). The van der Waals surface area contributed by atoms with Gasteiger partial charge in [0.25, 0.3) is 0 Å². The standard InChI is InChI=1S/C20H29N5O2/c1-27-10-9-24-8-4-5-15(12-24)11-21-20(26)25-13-16(14-25)19-22-17-6-2-3-7-18(17)23-19/h2-3,6-7,15-16H,4-5,8-14H2,1H3,(H,21,26)(H,22,23). The van der Waals surface area contributed by atoms with Crippen LogP contribution >= 0.6 is 0 Å². The van der Waals surface area contributed by atoms with Crippen molar-refractivity contribution >= 4 is 17.1 Å². The molecule has 0 aliphatic carbocycles. The summed E-state index contributed by atoms with van der Waals surface area (Å²) in [7, 11) is 1.74. The van der Waals surface area contributed by atoms with Crippen LogP contribution in [0, 0.1) is 5.92 Å². The van der Waals surface area contributed by atoms with Crippen LogP contribution in [0.25, 0.3) is 11.0 Å². The number of para-hydroxylation sites is 2. The number of urea groups is 1. The van der Waals surface area contributed by atoms with Gasteiger partial charge in [0, 0.05) is 39.8 Å². The first kappa shape index (κ1) is 18.3. The van der Waals surface area contributed by atoms with E-state index in [1.807, 2.05) is 29.2 Å². The smallest absolute Gasteiger partial charge is 0.317 e. The van der Waals surface area contributed by atoms with Gasteiger partial charge >= 0.3 is 6.03 Å². The largest absolute Gasteiger partial charge is 0.383 e. The molecular formula is C20H29N5O2. The highest BCUT2D eigenvalue weighted by atomic mass is 16.5. The Kier molecular flexibility index (Phi) is 5.59. The lowest BCUT2D eigenvalue weighted by atomic mass is 9.97. The molecule has 0 bridgehead atoms. The third-order valence-corrected chi connectivity index (χ3v) is 5.72. The Labute approximate surface area is 160 Å². The van der Waals surface area contributed by atoms with Gasteiger partial charge in [-0.05, 0) is 37.4 Å². The first-order valence-electron chi connectivity index (χ1n) is 9.91. The van der Waals surface area contributed by atoms with Crippen molar-refractivity contribution in [2.45, 2.75) is 18.8 Å². The normalized spacial score (nSPS) is 21.4. The van der Waals surface area contributed by atoms with Gasteiger partial charge in [-0.3, -0.25) is 0 Å². The first-order valence-corrected chi connectivity index (χ1v) is 9.91. The van der Waals surface area contributed by atoms with E-state index >= 15 is 0 Å². The number of methoxy groups -OCH3 is 1. The maximum atomic E-state index is 12.4. The summed E-state index contributed by atoms with van der Waals surface area (Å²) in [5.41, 5.74) is 2.05. The topological polar surface area (TPSA) is 73.5 Å². The molecule has 3 heterocycles. The lowest BCUT2D eigenvalue weighted by Crippen LogP contribution is -2.54. The molecule has 2 aliphatic heterocycles. The van der Waals surface area contributed by atoms with Crippen LogP contribution in [-0.4, -0.2) is 78.8 Å². The highest BCUT2D eigenvalue weighted by molar-refractivity contribution is 5.76. The van der Waals surface area contributed by atoms with Gasteiger partial charge in [0.05, 0.1) is 23.6 Å². The first-order chi connectivity index (χ1) is 13.2. The zero-order valence-electron chi connectivity index (χ0n) is 16.0. The fourth-order valence-corrected chi connectivity index (χ4v) is 4.07. The number of amides is 2. The van der Waals surface area contributed by atoms with Gasteiger partial charge in [-0.2, -0.15) is 0 Å². The number of ether oxygens (including phenoxy) is 1. The maximum Gasteiger partial charge on any atom is 0.317 e. The predicted molar refractivity (Wildman–Crippen MR) is 105 cm³/mol. The van der Waals surface area contributed by atoms with Crippen molar-refractivity contribution in [1.82, 2.24) is 25.1 Å². The molecule has 1 aromatic heterocycles.